The Bertz CT molecular complexity index is 474. The first-order valence-electron chi connectivity index (χ1n) is 6.72. The van der Waals surface area contributed by atoms with Crippen LogP contribution in [0.25, 0.3) is 0 Å². The lowest BCUT2D eigenvalue weighted by molar-refractivity contribution is -0.149. The molecule has 6 heteroatoms. The average Bonchev–Trinajstić information content (AvgIpc) is 2.80. The van der Waals surface area contributed by atoms with Gasteiger partial charge >= 0.3 is 0 Å². The third-order valence-electron chi connectivity index (χ3n) is 3.38. The molecule has 1 aliphatic heterocycles. The van der Waals surface area contributed by atoms with Crippen LogP contribution < -0.4 is 14.2 Å². The van der Waals surface area contributed by atoms with Gasteiger partial charge in [-0.15, -0.1) is 0 Å². The van der Waals surface area contributed by atoms with E-state index in [0.29, 0.717) is 17.2 Å². The van der Waals surface area contributed by atoms with Crippen molar-refractivity contribution in [1.82, 2.24) is 0 Å². The van der Waals surface area contributed by atoms with Crippen LogP contribution in [0.2, 0.25) is 0 Å². The molecule has 1 saturated heterocycles. The van der Waals surface area contributed by atoms with Crippen LogP contribution >= 0.6 is 0 Å². The predicted molar refractivity (Wildman–Crippen MR) is 76.0 cm³/mol. The van der Waals surface area contributed by atoms with Gasteiger partial charge in [0.1, 0.15) is 12.2 Å². The lowest BCUT2D eigenvalue weighted by Crippen LogP contribution is -2.23. The van der Waals surface area contributed by atoms with Crippen LogP contribution in [-0.4, -0.2) is 44.9 Å². The topological polar surface area (TPSA) is 66.4 Å². The van der Waals surface area contributed by atoms with Crippen molar-refractivity contribution in [3.63, 3.8) is 0 Å². The first-order chi connectivity index (χ1) is 9.95. The molecule has 2 atom stereocenters. The van der Waals surface area contributed by atoms with Gasteiger partial charge in [0.05, 0.1) is 27.9 Å². The normalized spacial score (nSPS) is 23.9. The number of hydrogen-bond acceptors (Lipinski definition) is 6. The standard InChI is InChI=1S/C15H22O6/c1-15(2)20-12(8-16)13(21-15)9-6-10(17-3)14(19-5)11(7-9)18-4/h6-7,12-13,16H,8H2,1-5H3/t12-,13-/m1/s1. The summed E-state index contributed by atoms with van der Waals surface area (Å²) in [5.74, 6) is 0.842. The third kappa shape index (κ3) is 3.07. The van der Waals surface area contributed by atoms with Gasteiger partial charge in [0.2, 0.25) is 5.75 Å². The van der Waals surface area contributed by atoms with Crippen LogP contribution in [0.15, 0.2) is 12.1 Å². The van der Waals surface area contributed by atoms with Gasteiger partial charge in [-0.1, -0.05) is 0 Å². The van der Waals surface area contributed by atoms with Crippen molar-refractivity contribution in [1.29, 1.82) is 0 Å². The van der Waals surface area contributed by atoms with Crippen molar-refractivity contribution in [2.45, 2.75) is 31.8 Å². The first-order valence-corrected chi connectivity index (χ1v) is 6.72. The average molecular weight is 298 g/mol. The highest BCUT2D eigenvalue weighted by Crippen LogP contribution is 2.44. The second-order valence-electron chi connectivity index (χ2n) is 5.24. The van der Waals surface area contributed by atoms with Crippen LogP contribution in [-0.2, 0) is 9.47 Å². The van der Waals surface area contributed by atoms with E-state index in [0.717, 1.165) is 5.56 Å². The van der Waals surface area contributed by atoms with Crippen molar-refractivity contribution in [2.24, 2.45) is 0 Å². The minimum absolute atomic E-state index is 0.134. The Hall–Kier alpha value is -1.50. The number of benzene rings is 1. The molecule has 0 unspecified atom stereocenters. The lowest BCUT2D eigenvalue weighted by Gasteiger charge is -2.19. The summed E-state index contributed by atoms with van der Waals surface area (Å²) in [7, 11) is 4.66. The number of aliphatic hydroxyl groups is 1. The molecule has 0 amide bonds. The van der Waals surface area contributed by atoms with E-state index in [4.69, 9.17) is 23.7 Å². The quantitative estimate of drug-likeness (QED) is 0.895. The van der Waals surface area contributed by atoms with Crippen LogP contribution in [0, 0.1) is 0 Å². The maximum atomic E-state index is 9.49. The van der Waals surface area contributed by atoms with E-state index < -0.39 is 18.0 Å². The number of methoxy groups -OCH3 is 3. The van der Waals surface area contributed by atoms with Crippen LogP contribution in [0.4, 0.5) is 0 Å². The van der Waals surface area contributed by atoms with Crippen LogP contribution in [0.3, 0.4) is 0 Å². The Morgan fingerprint density at radius 3 is 2.05 bits per heavy atom. The van der Waals surface area contributed by atoms with Crippen molar-refractivity contribution in [2.75, 3.05) is 27.9 Å². The summed E-state index contributed by atoms with van der Waals surface area (Å²) in [6.45, 7) is 3.49. The van der Waals surface area contributed by atoms with E-state index in [9.17, 15) is 5.11 Å². The molecule has 0 bridgehead atoms. The minimum atomic E-state index is -0.752. The highest BCUT2D eigenvalue weighted by Gasteiger charge is 2.42. The predicted octanol–water partition coefficient (Wildman–Crippen LogP) is 1.90. The maximum Gasteiger partial charge on any atom is 0.203 e. The number of rotatable bonds is 5. The van der Waals surface area contributed by atoms with Gasteiger partial charge < -0.3 is 28.8 Å². The molecular formula is C15H22O6. The van der Waals surface area contributed by atoms with E-state index in [1.165, 1.54) is 0 Å². The van der Waals surface area contributed by atoms with E-state index >= 15 is 0 Å². The molecule has 0 saturated carbocycles. The van der Waals surface area contributed by atoms with Gasteiger partial charge in [0, 0.05) is 0 Å². The minimum Gasteiger partial charge on any atom is -0.493 e. The summed E-state index contributed by atoms with van der Waals surface area (Å²) >= 11 is 0. The van der Waals surface area contributed by atoms with Gasteiger partial charge in [-0.25, -0.2) is 0 Å². The molecule has 1 aromatic carbocycles. The molecule has 6 nitrogen and oxygen atoms in total. The van der Waals surface area contributed by atoms with Gasteiger partial charge in [-0.05, 0) is 31.5 Å². The molecule has 21 heavy (non-hydrogen) atoms. The summed E-state index contributed by atoms with van der Waals surface area (Å²) in [5.41, 5.74) is 0.800. The van der Waals surface area contributed by atoms with Gasteiger partial charge in [0.15, 0.2) is 17.3 Å². The molecule has 1 heterocycles. The maximum absolute atomic E-state index is 9.49. The molecule has 0 aliphatic carbocycles. The third-order valence-corrected chi connectivity index (χ3v) is 3.38. The van der Waals surface area contributed by atoms with E-state index in [2.05, 4.69) is 0 Å². The smallest absolute Gasteiger partial charge is 0.203 e. The zero-order valence-corrected chi connectivity index (χ0v) is 13.0. The molecule has 2 rings (SSSR count). The molecule has 1 N–H and O–H groups in total. The fourth-order valence-electron chi connectivity index (χ4n) is 2.52. The summed E-state index contributed by atoms with van der Waals surface area (Å²) in [4.78, 5) is 0. The summed E-state index contributed by atoms with van der Waals surface area (Å²) in [6, 6.07) is 3.61. The van der Waals surface area contributed by atoms with Crippen molar-refractivity contribution in [3.05, 3.63) is 17.7 Å². The summed E-state index contributed by atoms with van der Waals surface area (Å²) in [5, 5.41) is 9.49. The molecule has 1 fully saturated rings. The molecule has 0 spiro atoms. The number of hydrogen-bond donors (Lipinski definition) is 1. The molecule has 0 radical (unpaired) electrons. The van der Waals surface area contributed by atoms with Crippen molar-refractivity contribution < 1.29 is 28.8 Å². The number of aliphatic hydroxyl groups excluding tert-OH is 1. The monoisotopic (exact) mass is 298 g/mol. The highest BCUT2D eigenvalue weighted by atomic mass is 16.8. The van der Waals surface area contributed by atoms with Gasteiger partial charge in [-0.2, -0.15) is 0 Å². The fourth-order valence-corrected chi connectivity index (χ4v) is 2.52. The zero-order valence-electron chi connectivity index (χ0n) is 13.0. The Balaban J connectivity index is 2.44. The fraction of sp³-hybridized carbons (Fsp3) is 0.600. The largest absolute Gasteiger partial charge is 0.493 e. The highest BCUT2D eigenvalue weighted by molar-refractivity contribution is 5.54. The van der Waals surface area contributed by atoms with E-state index in [1.807, 2.05) is 13.8 Å². The Labute approximate surface area is 124 Å². The summed E-state index contributed by atoms with van der Waals surface area (Å²) in [6.07, 6.45) is -0.846. The van der Waals surface area contributed by atoms with E-state index in [-0.39, 0.29) is 6.61 Å². The molecular weight excluding hydrogens is 276 g/mol. The molecule has 1 aliphatic rings. The van der Waals surface area contributed by atoms with Crippen LogP contribution in [0.5, 0.6) is 17.2 Å². The van der Waals surface area contributed by atoms with Crippen molar-refractivity contribution in [3.8, 4) is 17.2 Å². The summed E-state index contributed by atoms with van der Waals surface area (Å²) < 4.78 is 27.5. The molecule has 0 aromatic heterocycles. The molecule has 118 valence electrons. The second-order valence-corrected chi connectivity index (χ2v) is 5.24. The first kappa shape index (κ1) is 15.9. The molecule has 1 aromatic rings. The zero-order chi connectivity index (χ0) is 15.6. The van der Waals surface area contributed by atoms with Crippen LogP contribution in [0.1, 0.15) is 25.5 Å². The van der Waals surface area contributed by atoms with Gasteiger partial charge in [-0.3, -0.25) is 0 Å². The second kappa shape index (κ2) is 6.09. The number of ether oxygens (including phenoxy) is 5. The van der Waals surface area contributed by atoms with Crippen molar-refractivity contribution >= 4 is 0 Å². The Morgan fingerprint density at radius 2 is 1.62 bits per heavy atom. The van der Waals surface area contributed by atoms with E-state index in [1.54, 1.807) is 33.5 Å². The van der Waals surface area contributed by atoms with Gasteiger partial charge in [0.25, 0.3) is 0 Å². The lowest BCUT2D eigenvalue weighted by atomic mass is 10.0. The SMILES string of the molecule is COc1cc([C@H]2OC(C)(C)O[C@@H]2CO)cc(OC)c1OC. The Morgan fingerprint density at radius 1 is 1.05 bits per heavy atom. The Kier molecular flexibility index (Phi) is 4.61.